The third-order valence-electron chi connectivity index (χ3n) is 9.82. The van der Waals surface area contributed by atoms with Gasteiger partial charge in [-0.25, -0.2) is 18.5 Å². The van der Waals surface area contributed by atoms with Crippen LogP contribution in [0.2, 0.25) is 0 Å². The highest BCUT2D eigenvalue weighted by molar-refractivity contribution is 7.82. The molecule has 3 atom stereocenters. The third-order valence-corrected chi connectivity index (χ3v) is 11.3. The number of ether oxygens (including phenoxy) is 1. The number of halogens is 2. The predicted octanol–water partition coefficient (Wildman–Crippen LogP) is 3.93. The van der Waals surface area contributed by atoms with E-state index in [0.717, 1.165) is 68.3 Å². The lowest BCUT2D eigenvalue weighted by Crippen LogP contribution is -2.41. The molecule has 3 aliphatic heterocycles. The van der Waals surface area contributed by atoms with E-state index in [1.807, 2.05) is 16.0 Å². The number of amides is 2. The Morgan fingerprint density at radius 3 is 2.48 bits per heavy atom. The maximum absolute atomic E-state index is 13.1. The highest BCUT2D eigenvalue weighted by atomic mass is 32.2. The lowest BCUT2D eigenvalue weighted by molar-refractivity contribution is -0.134. The SMILES string of the molecule is CC(CCS(=O)N1CCC(Nc2ncc(OC(F)F)cn2)CC1)CN1CCC(c2ccc3c(C4CCC(=O)NC4=O)nn(C)c3c2)CC1. The molecule has 3 aliphatic rings. The molecule has 2 aromatic heterocycles. The van der Waals surface area contributed by atoms with Crippen molar-refractivity contribution in [2.75, 3.05) is 43.8 Å². The van der Waals surface area contributed by atoms with Crippen molar-refractivity contribution < 1.29 is 27.3 Å². The minimum Gasteiger partial charge on any atom is -0.432 e. The van der Waals surface area contributed by atoms with Crippen molar-refractivity contribution in [1.82, 2.24) is 34.3 Å². The molecule has 0 spiro atoms. The van der Waals surface area contributed by atoms with Crippen LogP contribution in [0.4, 0.5) is 14.7 Å². The molecule has 3 aromatic rings. The van der Waals surface area contributed by atoms with Crippen LogP contribution in [0.3, 0.4) is 0 Å². The number of rotatable bonds is 12. The molecule has 3 unspecified atom stereocenters. The third kappa shape index (κ3) is 8.35. The van der Waals surface area contributed by atoms with E-state index in [4.69, 9.17) is 0 Å². The van der Waals surface area contributed by atoms with Crippen molar-refractivity contribution in [3.8, 4) is 5.75 Å². The van der Waals surface area contributed by atoms with Gasteiger partial charge < -0.3 is 15.0 Å². The summed E-state index contributed by atoms with van der Waals surface area (Å²) in [6.07, 6.45) is 7.91. The monoisotopic (exact) mass is 686 g/mol. The fourth-order valence-electron chi connectivity index (χ4n) is 7.12. The van der Waals surface area contributed by atoms with Crippen LogP contribution in [-0.4, -0.2) is 96.1 Å². The average molecular weight is 687 g/mol. The summed E-state index contributed by atoms with van der Waals surface area (Å²) in [5, 5.41) is 11.3. The van der Waals surface area contributed by atoms with Crippen molar-refractivity contribution in [3.05, 3.63) is 41.9 Å². The van der Waals surface area contributed by atoms with Gasteiger partial charge in [0.05, 0.1) is 40.5 Å². The van der Waals surface area contributed by atoms with E-state index in [-0.39, 0.29) is 23.6 Å². The topological polar surface area (TPSA) is 135 Å². The Kier molecular flexibility index (Phi) is 11.0. The smallest absolute Gasteiger partial charge is 0.387 e. The molecule has 0 radical (unpaired) electrons. The first-order chi connectivity index (χ1) is 23.1. The van der Waals surface area contributed by atoms with E-state index in [1.165, 1.54) is 18.0 Å². The first-order valence-electron chi connectivity index (χ1n) is 16.8. The van der Waals surface area contributed by atoms with Crippen LogP contribution < -0.4 is 15.4 Å². The van der Waals surface area contributed by atoms with Gasteiger partial charge in [0.25, 0.3) is 0 Å². The standard InChI is InChI=1S/C33H44F2N8O4S/c1-21(11-16-48(46)43-14-9-24(10-15-43)38-33-36-18-25(19-37-33)47-32(34)35)20-42-12-7-22(8-13-42)23-3-4-26-28(17-23)41(2)40-30(26)27-5-6-29(44)39-31(27)45/h3-4,17-19,21-22,24,27,32H,5-16,20H2,1-2H3,(H,36,37,38)(H,39,44,45). The van der Waals surface area contributed by atoms with Gasteiger partial charge in [0.15, 0.2) is 5.75 Å². The molecular weight excluding hydrogens is 642 g/mol. The lowest BCUT2D eigenvalue weighted by Gasteiger charge is -2.34. The Balaban J connectivity index is 0.911. The number of alkyl halides is 2. The van der Waals surface area contributed by atoms with Gasteiger partial charge in [-0.1, -0.05) is 19.1 Å². The zero-order valence-corrected chi connectivity index (χ0v) is 28.3. The molecular formula is C33H44F2N8O4S. The molecule has 6 rings (SSSR count). The van der Waals surface area contributed by atoms with E-state index < -0.39 is 23.5 Å². The first-order valence-corrected chi connectivity index (χ1v) is 18.1. The Morgan fingerprint density at radius 1 is 1.06 bits per heavy atom. The molecule has 15 heteroatoms. The lowest BCUT2D eigenvalue weighted by atomic mass is 9.87. The molecule has 0 saturated carbocycles. The van der Waals surface area contributed by atoms with Crippen LogP contribution in [0.1, 0.15) is 75.0 Å². The molecule has 2 amide bonds. The number of likely N-dealkylation sites (tertiary alicyclic amines) is 1. The summed E-state index contributed by atoms with van der Waals surface area (Å²) in [5.41, 5.74) is 3.06. The van der Waals surface area contributed by atoms with Gasteiger partial charge in [-0.2, -0.15) is 13.9 Å². The number of fused-ring (bicyclic) bond motifs is 1. The van der Waals surface area contributed by atoms with Crippen LogP contribution in [0.5, 0.6) is 5.75 Å². The van der Waals surface area contributed by atoms with E-state index in [0.29, 0.717) is 49.5 Å². The molecule has 1 aromatic carbocycles. The molecule has 48 heavy (non-hydrogen) atoms. The Morgan fingerprint density at radius 2 is 1.79 bits per heavy atom. The Bertz CT molecular complexity index is 1610. The zero-order valence-electron chi connectivity index (χ0n) is 27.4. The maximum Gasteiger partial charge on any atom is 0.387 e. The second-order valence-corrected chi connectivity index (χ2v) is 14.8. The van der Waals surface area contributed by atoms with Crippen molar-refractivity contribution >= 4 is 39.7 Å². The van der Waals surface area contributed by atoms with Gasteiger partial charge in [-0.3, -0.25) is 19.6 Å². The van der Waals surface area contributed by atoms with Crippen molar-refractivity contribution in [2.24, 2.45) is 13.0 Å². The number of imide groups is 1. The van der Waals surface area contributed by atoms with Gasteiger partial charge in [0, 0.05) is 50.3 Å². The van der Waals surface area contributed by atoms with Gasteiger partial charge in [0.1, 0.15) is 0 Å². The van der Waals surface area contributed by atoms with Crippen LogP contribution >= 0.6 is 0 Å². The number of hydrogen-bond acceptors (Lipinski definition) is 9. The van der Waals surface area contributed by atoms with Crippen LogP contribution in [-0.2, 0) is 27.6 Å². The van der Waals surface area contributed by atoms with Crippen molar-refractivity contribution in [3.63, 3.8) is 0 Å². The number of hydrogen-bond donors (Lipinski definition) is 2. The molecule has 2 N–H and O–H groups in total. The number of nitrogens with zero attached hydrogens (tertiary/aromatic N) is 6. The normalized spacial score (nSPS) is 21.8. The number of carbonyl (C=O) groups excluding carboxylic acids is 2. The first kappa shape index (κ1) is 34.3. The van der Waals surface area contributed by atoms with Crippen molar-refractivity contribution in [1.29, 1.82) is 0 Å². The summed E-state index contributed by atoms with van der Waals surface area (Å²) in [7, 11) is 0.883. The van der Waals surface area contributed by atoms with Gasteiger partial charge in [-0.05, 0) is 75.1 Å². The molecule has 260 valence electrons. The minimum atomic E-state index is -2.91. The van der Waals surface area contributed by atoms with Crippen LogP contribution in [0.15, 0.2) is 30.6 Å². The highest BCUT2D eigenvalue weighted by Crippen LogP contribution is 2.34. The number of anilines is 1. The summed E-state index contributed by atoms with van der Waals surface area (Å²) in [4.78, 5) is 34.7. The van der Waals surface area contributed by atoms with Crippen molar-refractivity contribution in [2.45, 2.75) is 76.4 Å². The van der Waals surface area contributed by atoms with Gasteiger partial charge in [0.2, 0.25) is 17.8 Å². The maximum atomic E-state index is 13.1. The summed E-state index contributed by atoms with van der Waals surface area (Å²) in [6.45, 7) is 3.79. The largest absolute Gasteiger partial charge is 0.432 e. The molecule has 12 nitrogen and oxygen atoms in total. The minimum absolute atomic E-state index is 0.0805. The van der Waals surface area contributed by atoms with E-state index in [1.54, 1.807) is 0 Å². The molecule has 0 bridgehead atoms. The zero-order chi connectivity index (χ0) is 33.8. The van der Waals surface area contributed by atoms with Gasteiger partial charge >= 0.3 is 6.61 Å². The predicted molar refractivity (Wildman–Crippen MR) is 178 cm³/mol. The summed E-state index contributed by atoms with van der Waals surface area (Å²) in [6, 6.07) is 6.61. The molecule has 3 saturated heterocycles. The number of aryl methyl sites for hydroxylation is 1. The average Bonchev–Trinajstić information content (AvgIpc) is 3.40. The quantitative estimate of drug-likeness (QED) is 0.272. The summed E-state index contributed by atoms with van der Waals surface area (Å²) >= 11 is 0. The fraction of sp³-hybridized carbons (Fsp3) is 0.606. The number of piperidine rings is 3. The number of benzene rings is 1. The fourth-order valence-corrected chi connectivity index (χ4v) is 8.60. The van der Waals surface area contributed by atoms with E-state index in [9.17, 15) is 22.6 Å². The second kappa shape index (κ2) is 15.3. The highest BCUT2D eigenvalue weighted by Gasteiger charge is 2.32. The second-order valence-electron chi connectivity index (χ2n) is 13.3. The number of aromatic nitrogens is 4. The molecule has 3 fully saturated rings. The number of carbonyl (C=O) groups is 2. The Hall–Kier alpha value is -3.56. The van der Waals surface area contributed by atoms with Crippen LogP contribution in [0.25, 0.3) is 10.9 Å². The summed E-state index contributed by atoms with van der Waals surface area (Å²) < 4.78 is 45.9. The molecule has 0 aliphatic carbocycles. The van der Waals surface area contributed by atoms with E-state index in [2.05, 4.69) is 60.5 Å². The van der Waals surface area contributed by atoms with Gasteiger partial charge in [-0.15, -0.1) is 0 Å². The summed E-state index contributed by atoms with van der Waals surface area (Å²) in [5.74, 6) is 0.953. The van der Waals surface area contributed by atoms with E-state index >= 15 is 0 Å². The number of nitrogens with one attached hydrogen (secondary N) is 2. The molecule has 5 heterocycles. The Labute approximate surface area is 281 Å². The van der Waals surface area contributed by atoms with Crippen LogP contribution in [0, 0.1) is 5.92 Å².